The molecule has 0 aromatic carbocycles. The van der Waals surface area contributed by atoms with Gasteiger partial charge in [-0.05, 0) is 12.8 Å². The molecule has 4 heteroatoms. The molecule has 62 valence electrons. The van der Waals surface area contributed by atoms with Crippen LogP contribution in [0.25, 0.3) is 0 Å². The number of anilines is 1. The summed E-state index contributed by atoms with van der Waals surface area (Å²) < 4.78 is 0. The smallest absolute Gasteiger partial charge is 0.155 e. The lowest BCUT2D eigenvalue weighted by Gasteiger charge is -1.99. The zero-order valence-corrected chi connectivity index (χ0v) is 6.53. The Labute approximate surface area is 69.8 Å². The Hall–Kier alpha value is -1.45. The van der Waals surface area contributed by atoms with Crippen LogP contribution >= 0.6 is 0 Å². The van der Waals surface area contributed by atoms with Gasteiger partial charge < -0.3 is 5.73 Å². The zero-order chi connectivity index (χ0) is 8.55. The van der Waals surface area contributed by atoms with Crippen molar-refractivity contribution in [3.05, 3.63) is 17.6 Å². The van der Waals surface area contributed by atoms with Crippen molar-refractivity contribution in [1.29, 1.82) is 0 Å². The van der Waals surface area contributed by atoms with Crippen molar-refractivity contribution in [1.82, 2.24) is 9.97 Å². The van der Waals surface area contributed by atoms with E-state index in [1.54, 1.807) is 0 Å². The molecular weight excluding hydrogens is 154 g/mol. The first-order chi connectivity index (χ1) is 5.81. The maximum Gasteiger partial charge on any atom is 0.155 e. The van der Waals surface area contributed by atoms with Crippen LogP contribution in [0.2, 0.25) is 0 Å². The highest BCUT2D eigenvalue weighted by Crippen LogP contribution is 2.38. The Kier molecular flexibility index (Phi) is 1.53. The Morgan fingerprint density at radius 3 is 2.83 bits per heavy atom. The number of aromatic nitrogens is 2. The van der Waals surface area contributed by atoms with Crippen molar-refractivity contribution < 1.29 is 4.79 Å². The van der Waals surface area contributed by atoms with Gasteiger partial charge in [0.05, 0.1) is 5.56 Å². The lowest BCUT2D eigenvalue weighted by Crippen LogP contribution is -2.02. The number of rotatable bonds is 2. The summed E-state index contributed by atoms with van der Waals surface area (Å²) >= 11 is 0. The van der Waals surface area contributed by atoms with Gasteiger partial charge in [0.1, 0.15) is 11.6 Å². The third-order valence-electron chi connectivity index (χ3n) is 1.94. The predicted molar refractivity (Wildman–Crippen MR) is 43.8 cm³/mol. The standard InChI is InChI=1S/C8H9N3O/c9-7-6(4-12)3-10-8(11-7)5-1-2-5/h3-5H,1-2H2,(H2,9,10,11). The summed E-state index contributed by atoms with van der Waals surface area (Å²) in [6, 6.07) is 0. The molecule has 12 heavy (non-hydrogen) atoms. The highest BCUT2D eigenvalue weighted by molar-refractivity contribution is 5.80. The molecule has 0 amide bonds. The number of carbonyl (C=O) groups excluding carboxylic acids is 1. The number of nitrogens with two attached hydrogens (primary N) is 1. The molecule has 1 heterocycles. The van der Waals surface area contributed by atoms with E-state index in [1.165, 1.54) is 6.20 Å². The van der Waals surface area contributed by atoms with Crippen LogP contribution in [0.4, 0.5) is 5.82 Å². The first-order valence-electron chi connectivity index (χ1n) is 3.89. The summed E-state index contributed by atoms with van der Waals surface area (Å²) in [5.41, 5.74) is 5.89. The second kappa shape index (κ2) is 2.55. The molecule has 4 nitrogen and oxygen atoms in total. The van der Waals surface area contributed by atoms with Crippen LogP contribution in [0.1, 0.15) is 34.9 Å². The highest BCUT2D eigenvalue weighted by Gasteiger charge is 2.26. The molecule has 0 aliphatic heterocycles. The molecule has 0 bridgehead atoms. The van der Waals surface area contributed by atoms with Crippen LogP contribution < -0.4 is 5.73 Å². The van der Waals surface area contributed by atoms with E-state index in [9.17, 15) is 4.79 Å². The maximum absolute atomic E-state index is 10.4. The predicted octanol–water partition coefficient (Wildman–Crippen LogP) is 0.749. The second-order valence-electron chi connectivity index (χ2n) is 2.96. The molecule has 0 spiro atoms. The van der Waals surface area contributed by atoms with Gasteiger partial charge in [-0.1, -0.05) is 0 Å². The van der Waals surface area contributed by atoms with Gasteiger partial charge in [-0.3, -0.25) is 4.79 Å². The topological polar surface area (TPSA) is 68.9 Å². The first-order valence-corrected chi connectivity index (χ1v) is 3.89. The Morgan fingerprint density at radius 2 is 2.33 bits per heavy atom. The fourth-order valence-electron chi connectivity index (χ4n) is 1.05. The van der Waals surface area contributed by atoms with Crippen molar-refractivity contribution in [3.63, 3.8) is 0 Å². The minimum absolute atomic E-state index is 0.293. The van der Waals surface area contributed by atoms with Crippen molar-refractivity contribution in [3.8, 4) is 0 Å². The molecular formula is C8H9N3O. The average Bonchev–Trinajstić information content (AvgIpc) is 2.86. The molecule has 1 aromatic rings. The van der Waals surface area contributed by atoms with Crippen LogP contribution in [-0.4, -0.2) is 16.3 Å². The van der Waals surface area contributed by atoms with E-state index in [2.05, 4.69) is 9.97 Å². The lowest BCUT2D eigenvalue weighted by molar-refractivity contribution is 0.112. The Morgan fingerprint density at radius 1 is 1.58 bits per heavy atom. The van der Waals surface area contributed by atoms with E-state index < -0.39 is 0 Å². The molecule has 1 saturated carbocycles. The highest BCUT2D eigenvalue weighted by atomic mass is 16.1. The van der Waals surface area contributed by atoms with Crippen LogP contribution in [0.5, 0.6) is 0 Å². The molecule has 1 aromatic heterocycles. The molecule has 1 fully saturated rings. The molecule has 1 aliphatic rings. The van der Waals surface area contributed by atoms with Gasteiger partial charge in [0.25, 0.3) is 0 Å². The van der Waals surface area contributed by atoms with E-state index in [1.807, 2.05) is 0 Å². The van der Waals surface area contributed by atoms with Crippen LogP contribution in [0.3, 0.4) is 0 Å². The Bertz CT molecular complexity index is 320. The summed E-state index contributed by atoms with van der Waals surface area (Å²) in [4.78, 5) is 18.5. The van der Waals surface area contributed by atoms with E-state index in [4.69, 9.17) is 5.73 Å². The molecule has 0 radical (unpaired) electrons. The van der Waals surface area contributed by atoms with Gasteiger partial charge in [0.2, 0.25) is 0 Å². The van der Waals surface area contributed by atoms with Gasteiger partial charge in [-0.25, -0.2) is 9.97 Å². The third kappa shape index (κ3) is 1.15. The lowest BCUT2D eigenvalue weighted by atomic mass is 10.3. The Balaban J connectivity index is 2.36. The van der Waals surface area contributed by atoms with Gasteiger partial charge in [0, 0.05) is 12.1 Å². The zero-order valence-electron chi connectivity index (χ0n) is 6.53. The maximum atomic E-state index is 10.4. The summed E-state index contributed by atoms with van der Waals surface area (Å²) in [5.74, 6) is 1.55. The minimum Gasteiger partial charge on any atom is -0.383 e. The fourth-order valence-corrected chi connectivity index (χ4v) is 1.05. The normalized spacial score (nSPS) is 16.0. The molecule has 1 aliphatic carbocycles. The number of aldehydes is 1. The van der Waals surface area contributed by atoms with Crippen LogP contribution in [0, 0.1) is 0 Å². The van der Waals surface area contributed by atoms with Gasteiger partial charge in [-0.2, -0.15) is 0 Å². The summed E-state index contributed by atoms with van der Waals surface area (Å²) in [6.45, 7) is 0. The average molecular weight is 163 g/mol. The van der Waals surface area contributed by atoms with Crippen LogP contribution in [0.15, 0.2) is 6.20 Å². The summed E-state index contributed by atoms with van der Waals surface area (Å²) in [7, 11) is 0. The van der Waals surface area contributed by atoms with Gasteiger partial charge >= 0.3 is 0 Å². The number of nitrogens with zero attached hydrogens (tertiary/aromatic N) is 2. The van der Waals surface area contributed by atoms with E-state index in [0.717, 1.165) is 18.7 Å². The fraction of sp³-hybridized carbons (Fsp3) is 0.375. The summed E-state index contributed by atoms with van der Waals surface area (Å²) in [6.07, 6.45) is 4.44. The quantitative estimate of drug-likeness (QED) is 0.653. The number of nitrogen functional groups attached to an aromatic ring is 1. The molecule has 0 unspecified atom stereocenters. The van der Waals surface area contributed by atoms with Crippen LogP contribution in [-0.2, 0) is 0 Å². The van der Waals surface area contributed by atoms with Gasteiger partial charge in [0.15, 0.2) is 6.29 Å². The number of carbonyl (C=O) groups is 1. The van der Waals surface area contributed by atoms with Gasteiger partial charge in [-0.15, -0.1) is 0 Å². The van der Waals surface area contributed by atoms with E-state index >= 15 is 0 Å². The van der Waals surface area contributed by atoms with E-state index in [0.29, 0.717) is 23.6 Å². The molecule has 0 atom stereocenters. The van der Waals surface area contributed by atoms with E-state index in [-0.39, 0.29) is 0 Å². The minimum atomic E-state index is 0.293. The first kappa shape index (κ1) is 7.21. The van der Waals surface area contributed by atoms with Crippen molar-refractivity contribution in [2.45, 2.75) is 18.8 Å². The number of hydrogen-bond donors (Lipinski definition) is 1. The summed E-state index contributed by atoms with van der Waals surface area (Å²) in [5, 5.41) is 0. The van der Waals surface area contributed by atoms with Crippen molar-refractivity contribution >= 4 is 12.1 Å². The molecule has 2 rings (SSSR count). The largest absolute Gasteiger partial charge is 0.383 e. The SMILES string of the molecule is Nc1nc(C2CC2)ncc1C=O. The number of hydrogen-bond acceptors (Lipinski definition) is 4. The third-order valence-corrected chi connectivity index (χ3v) is 1.94. The molecule has 2 N–H and O–H groups in total. The monoisotopic (exact) mass is 163 g/mol. The van der Waals surface area contributed by atoms with Crippen molar-refractivity contribution in [2.24, 2.45) is 0 Å². The van der Waals surface area contributed by atoms with Crippen molar-refractivity contribution in [2.75, 3.05) is 5.73 Å². The molecule has 0 saturated heterocycles. The second-order valence-corrected chi connectivity index (χ2v) is 2.96.